The maximum absolute atomic E-state index is 13.5. The first-order valence-corrected chi connectivity index (χ1v) is 18.5. The number of ether oxygens (including phenoxy) is 2. The molecule has 1 saturated heterocycles. The highest BCUT2D eigenvalue weighted by molar-refractivity contribution is 7.60. The first kappa shape index (κ1) is 35.5. The molecule has 264 valence electrons. The number of phosphoric acid groups is 1. The number of carbonyl (C=O) groups excluding carboxylic acids is 1. The zero-order valence-electron chi connectivity index (χ0n) is 26.4. The van der Waals surface area contributed by atoms with Gasteiger partial charge in [0.05, 0.1) is 29.4 Å². The van der Waals surface area contributed by atoms with Crippen LogP contribution in [0.25, 0.3) is 22.6 Å². The van der Waals surface area contributed by atoms with Crippen molar-refractivity contribution in [1.29, 1.82) is 0 Å². The number of pyridine rings is 1. The lowest BCUT2D eigenvalue weighted by Crippen LogP contribution is -2.49. The monoisotopic (exact) mass is 747 g/mol. The van der Waals surface area contributed by atoms with Crippen molar-refractivity contribution in [2.45, 2.75) is 19.9 Å². The van der Waals surface area contributed by atoms with Gasteiger partial charge in [-0.3, -0.25) is 19.1 Å². The number of aromatic nitrogens is 5. The SMILES string of the molecule is COc1cc(N2CCN(C(=O)Cn3nc(-c4nccn4COCc4cc(P(=O)(O)O)ccc4OP(=O)(O)O)c4cccnc43)CC2)ccc1Cl. The van der Waals surface area contributed by atoms with E-state index in [0.717, 1.165) is 23.9 Å². The highest BCUT2D eigenvalue weighted by atomic mass is 35.5. The minimum Gasteiger partial charge on any atom is -0.495 e. The van der Waals surface area contributed by atoms with Gasteiger partial charge in [0.25, 0.3) is 0 Å². The summed E-state index contributed by atoms with van der Waals surface area (Å²) >= 11 is 6.18. The first-order chi connectivity index (χ1) is 23.8. The summed E-state index contributed by atoms with van der Waals surface area (Å²) in [5, 5.41) is 5.50. The molecule has 0 bridgehead atoms. The van der Waals surface area contributed by atoms with Crippen molar-refractivity contribution < 1.29 is 47.5 Å². The van der Waals surface area contributed by atoms with Crippen LogP contribution in [0.3, 0.4) is 0 Å². The molecule has 0 atom stereocenters. The molecule has 0 radical (unpaired) electrons. The normalized spacial score (nSPS) is 14.0. The molecule has 0 unspecified atom stereocenters. The second kappa shape index (κ2) is 14.5. The Morgan fingerprint density at radius 2 is 1.74 bits per heavy atom. The van der Waals surface area contributed by atoms with Gasteiger partial charge in [-0.1, -0.05) is 11.6 Å². The molecule has 0 saturated carbocycles. The van der Waals surface area contributed by atoms with Crippen LogP contribution in [0.4, 0.5) is 5.69 Å². The molecule has 20 heteroatoms. The van der Waals surface area contributed by atoms with E-state index < -0.39 is 15.4 Å². The van der Waals surface area contributed by atoms with E-state index in [-0.39, 0.29) is 42.4 Å². The number of anilines is 1. The summed E-state index contributed by atoms with van der Waals surface area (Å²) in [6.45, 7) is 1.72. The van der Waals surface area contributed by atoms with Gasteiger partial charge >= 0.3 is 15.4 Å². The number of piperazine rings is 1. The summed E-state index contributed by atoms with van der Waals surface area (Å²) in [6, 6.07) is 12.3. The number of methoxy groups -OCH3 is 1. The summed E-state index contributed by atoms with van der Waals surface area (Å²) in [7, 11) is -8.09. The number of hydrogen-bond acceptors (Lipinski definition) is 10. The van der Waals surface area contributed by atoms with E-state index in [0.29, 0.717) is 59.5 Å². The average Bonchev–Trinajstić information content (AvgIpc) is 3.69. The Kier molecular flexibility index (Phi) is 10.3. The Balaban J connectivity index is 1.16. The fourth-order valence-electron chi connectivity index (χ4n) is 5.53. The number of nitrogens with zero attached hydrogens (tertiary/aromatic N) is 7. The number of rotatable bonds is 12. The van der Waals surface area contributed by atoms with Gasteiger partial charge in [-0.15, -0.1) is 0 Å². The molecule has 17 nitrogen and oxygen atoms in total. The summed E-state index contributed by atoms with van der Waals surface area (Å²) in [5.74, 6) is 0.543. The van der Waals surface area contributed by atoms with E-state index in [1.807, 2.05) is 18.2 Å². The lowest BCUT2D eigenvalue weighted by molar-refractivity contribution is -0.132. The van der Waals surface area contributed by atoms with Crippen molar-refractivity contribution in [2.75, 3.05) is 38.2 Å². The Labute approximate surface area is 290 Å². The van der Waals surface area contributed by atoms with Gasteiger partial charge in [-0.25, -0.2) is 19.2 Å². The molecule has 50 heavy (non-hydrogen) atoms. The second-order valence-corrected chi connectivity index (χ2v) is 14.4. The van der Waals surface area contributed by atoms with Crippen molar-refractivity contribution in [1.82, 2.24) is 29.2 Å². The maximum Gasteiger partial charge on any atom is 0.524 e. The van der Waals surface area contributed by atoms with Crippen LogP contribution in [0.5, 0.6) is 11.5 Å². The number of fused-ring (bicyclic) bond motifs is 1. The van der Waals surface area contributed by atoms with Gasteiger partial charge in [0.15, 0.2) is 11.5 Å². The van der Waals surface area contributed by atoms with E-state index in [1.165, 1.54) is 10.9 Å². The average molecular weight is 748 g/mol. The number of phosphoric ester groups is 1. The van der Waals surface area contributed by atoms with Crippen LogP contribution in [0.15, 0.2) is 67.1 Å². The van der Waals surface area contributed by atoms with E-state index in [1.54, 1.807) is 41.1 Å². The van der Waals surface area contributed by atoms with E-state index in [9.17, 15) is 33.5 Å². The van der Waals surface area contributed by atoms with E-state index in [2.05, 4.69) is 14.9 Å². The molecule has 0 spiro atoms. The predicted molar refractivity (Wildman–Crippen MR) is 181 cm³/mol. The molecule has 4 N–H and O–H groups in total. The van der Waals surface area contributed by atoms with Crippen LogP contribution in [-0.2, 0) is 38.5 Å². The Morgan fingerprint density at radius 1 is 0.960 bits per heavy atom. The number of imidazole rings is 1. The standard InChI is InChI=1S/C30H32ClN7O10P2/c1-46-26-16-21(4-6-24(26)31)35-11-13-36(14-12-35)27(39)17-38-29-23(3-2-8-32-29)28(34-38)30-33-9-10-37(30)19-47-18-20-15-22(49(40,41)42)5-7-25(20)48-50(43,44)45/h2-10,15-16H,11-14,17-19H2,1H3,(H2,40,41,42)(H2,43,44,45). The summed E-state index contributed by atoms with van der Waals surface area (Å²) in [5.41, 5.74) is 1.87. The number of hydrogen-bond donors (Lipinski definition) is 4. The van der Waals surface area contributed by atoms with Gasteiger partial charge in [0.1, 0.15) is 30.5 Å². The first-order valence-electron chi connectivity index (χ1n) is 15.0. The third-order valence-electron chi connectivity index (χ3n) is 7.94. The minimum atomic E-state index is -4.98. The molecule has 5 aromatic rings. The number of amides is 1. The van der Waals surface area contributed by atoms with Gasteiger partial charge in [-0.2, -0.15) is 5.10 Å². The molecule has 0 aliphatic carbocycles. The van der Waals surface area contributed by atoms with Gasteiger partial charge in [-0.05, 0) is 42.5 Å². The molecule has 1 aliphatic rings. The highest BCUT2D eigenvalue weighted by Gasteiger charge is 2.26. The van der Waals surface area contributed by atoms with Crippen LogP contribution in [0.1, 0.15) is 5.56 Å². The van der Waals surface area contributed by atoms with E-state index >= 15 is 0 Å². The van der Waals surface area contributed by atoms with Gasteiger partial charge in [0.2, 0.25) is 5.91 Å². The van der Waals surface area contributed by atoms with Gasteiger partial charge in [0, 0.05) is 62.1 Å². The minimum absolute atomic E-state index is 0.00183. The largest absolute Gasteiger partial charge is 0.524 e. The van der Waals surface area contributed by atoms with Crippen molar-refractivity contribution in [3.05, 3.63) is 77.7 Å². The number of halogens is 1. The van der Waals surface area contributed by atoms with Crippen LogP contribution in [0, 0.1) is 0 Å². The Morgan fingerprint density at radius 3 is 2.46 bits per heavy atom. The zero-order valence-corrected chi connectivity index (χ0v) is 29.0. The Hall–Kier alpha value is -4.31. The smallest absolute Gasteiger partial charge is 0.495 e. The molecule has 2 aromatic carbocycles. The topological polar surface area (TPSA) is 215 Å². The third kappa shape index (κ3) is 8.01. The fraction of sp³-hybridized carbons (Fsp3) is 0.267. The predicted octanol–water partition coefficient (Wildman–Crippen LogP) is 2.75. The quantitative estimate of drug-likeness (QED) is 0.135. The van der Waals surface area contributed by atoms with Gasteiger partial charge < -0.3 is 38.2 Å². The molecule has 3 aromatic heterocycles. The summed E-state index contributed by atoms with van der Waals surface area (Å²) < 4.78 is 42.2. The van der Waals surface area contributed by atoms with Crippen LogP contribution in [0.2, 0.25) is 5.02 Å². The van der Waals surface area contributed by atoms with E-state index in [4.69, 9.17) is 30.7 Å². The van der Waals surface area contributed by atoms with Crippen molar-refractivity contribution >= 4 is 55.0 Å². The number of carbonyl (C=O) groups is 1. The van der Waals surface area contributed by atoms with Crippen molar-refractivity contribution in [2.24, 2.45) is 0 Å². The fourth-order valence-corrected chi connectivity index (χ4v) is 6.76. The Bertz CT molecular complexity index is 2120. The van der Waals surface area contributed by atoms with Crippen LogP contribution >= 0.6 is 27.0 Å². The summed E-state index contributed by atoms with van der Waals surface area (Å²) in [4.78, 5) is 64.1. The van der Waals surface area contributed by atoms with Crippen molar-refractivity contribution in [3.8, 4) is 23.0 Å². The molecule has 4 heterocycles. The second-order valence-electron chi connectivity index (χ2n) is 11.2. The highest BCUT2D eigenvalue weighted by Crippen LogP contribution is 2.41. The third-order valence-corrected chi connectivity index (χ3v) is 9.63. The molecule has 1 aliphatic heterocycles. The molecular weight excluding hydrogens is 716 g/mol. The molecule has 6 rings (SSSR count). The maximum atomic E-state index is 13.5. The molecule has 1 amide bonds. The van der Waals surface area contributed by atoms with Crippen LogP contribution < -0.4 is 19.5 Å². The van der Waals surface area contributed by atoms with Crippen molar-refractivity contribution in [3.63, 3.8) is 0 Å². The molecule has 1 fully saturated rings. The zero-order chi connectivity index (χ0) is 35.6. The lowest BCUT2D eigenvalue weighted by atomic mass is 10.2. The van der Waals surface area contributed by atoms with Crippen LogP contribution in [-0.4, -0.2) is 88.0 Å². The lowest BCUT2D eigenvalue weighted by Gasteiger charge is -2.36. The number of benzene rings is 2. The summed E-state index contributed by atoms with van der Waals surface area (Å²) in [6.07, 6.45) is 4.75. The molecular formula is C30H32ClN7O10P2.